The van der Waals surface area contributed by atoms with Crippen LogP contribution in [0.4, 0.5) is 0 Å². The summed E-state index contributed by atoms with van der Waals surface area (Å²) in [6.07, 6.45) is 0. The van der Waals surface area contributed by atoms with Gasteiger partial charge >= 0.3 is 0 Å². The van der Waals surface area contributed by atoms with Crippen LogP contribution in [0.3, 0.4) is 0 Å². The molecule has 0 aliphatic carbocycles. The van der Waals surface area contributed by atoms with Crippen LogP contribution < -0.4 is 0 Å². The average Bonchev–Trinajstić information content (AvgIpc) is 3.53. The maximum Gasteiger partial charge on any atom is 0.159 e. The Morgan fingerprint density at radius 2 is 1.12 bits per heavy atom. The largest absolute Gasteiger partial charge is 0.456 e. The molecule has 0 radical (unpaired) electrons. The van der Waals surface area contributed by atoms with Crippen molar-refractivity contribution in [3.05, 3.63) is 103 Å². The number of rotatable bonds is 1. The quantitative estimate of drug-likeness (QED) is 0.265. The Morgan fingerprint density at radius 3 is 2.00 bits per heavy atom. The van der Waals surface area contributed by atoms with Crippen LogP contribution in [0.25, 0.3) is 71.4 Å². The van der Waals surface area contributed by atoms with Gasteiger partial charge in [0.15, 0.2) is 5.58 Å². The third kappa shape index (κ3) is 2.14. The van der Waals surface area contributed by atoms with E-state index in [1.165, 1.54) is 10.8 Å². The van der Waals surface area contributed by atoms with Crippen LogP contribution >= 0.6 is 0 Å². The maximum atomic E-state index is 6.41. The van der Waals surface area contributed by atoms with Crippen molar-refractivity contribution in [1.82, 2.24) is 4.57 Å². The molecule has 0 amide bonds. The lowest BCUT2D eigenvalue weighted by Crippen LogP contribution is -1.94. The molecule has 0 bridgehead atoms. The highest BCUT2D eigenvalue weighted by Gasteiger charge is 2.20. The second-order valence-corrected chi connectivity index (χ2v) is 8.54. The second-order valence-electron chi connectivity index (χ2n) is 8.54. The molecule has 3 heteroatoms. The van der Waals surface area contributed by atoms with Crippen molar-refractivity contribution in [2.45, 2.75) is 0 Å². The van der Waals surface area contributed by atoms with E-state index in [9.17, 15) is 0 Å². The molecule has 3 heterocycles. The minimum Gasteiger partial charge on any atom is -0.456 e. The molecule has 3 aromatic heterocycles. The first-order valence-corrected chi connectivity index (χ1v) is 11.1. The summed E-state index contributed by atoms with van der Waals surface area (Å²) in [4.78, 5) is 0. The monoisotopic (exact) mass is 423 g/mol. The number of hydrogen-bond acceptors (Lipinski definition) is 2. The molecule has 5 aromatic carbocycles. The van der Waals surface area contributed by atoms with Gasteiger partial charge < -0.3 is 13.4 Å². The van der Waals surface area contributed by atoms with Crippen LogP contribution in [0.15, 0.2) is 112 Å². The van der Waals surface area contributed by atoms with E-state index in [0.717, 1.165) is 60.6 Å². The zero-order valence-electron chi connectivity index (χ0n) is 17.6. The summed E-state index contributed by atoms with van der Waals surface area (Å²) in [5, 5.41) is 6.99. The fourth-order valence-electron chi connectivity index (χ4n) is 5.44. The normalized spacial score (nSPS) is 12.2. The van der Waals surface area contributed by atoms with Gasteiger partial charge in [0.1, 0.15) is 16.7 Å². The fraction of sp³-hybridized carbons (Fsp3) is 0. The van der Waals surface area contributed by atoms with Crippen molar-refractivity contribution in [2.24, 2.45) is 0 Å². The van der Waals surface area contributed by atoms with E-state index in [1.54, 1.807) is 0 Å². The molecule has 8 aromatic rings. The minimum absolute atomic E-state index is 0.901. The van der Waals surface area contributed by atoms with Crippen LogP contribution in [-0.4, -0.2) is 4.57 Å². The first-order chi connectivity index (χ1) is 16.4. The molecule has 0 N–H and O–H groups in total. The summed E-state index contributed by atoms with van der Waals surface area (Å²) in [5.41, 5.74) is 6.97. The first kappa shape index (κ1) is 17.1. The number of hydrogen-bond donors (Lipinski definition) is 0. The van der Waals surface area contributed by atoms with E-state index in [2.05, 4.69) is 83.4 Å². The zero-order chi connectivity index (χ0) is 21.5. The van der Waals surface area contributed by atoms with E-state index < -0.39 is 0 Å². The number of nitrogens with zero attached hydrogens (tertiary/aromatic N) is 1. The second kappa shape index (κ2) is 6.05. The topological polar surface area (TPSA) is 31.2 Å². The molecule has 0 aliphatic heterocycles. The van der Waals surface area contributed by atoms with Gasteiger partial charge in [-0.25, -0.2) is 0 Å². The van der Waals surface area contributed by atoms with Crippen LogP contribution in [-0.2, 0) is 0 Å². The van der Waals surface area contributed by atoms with Crippen molar-refractivity contribution in [3.8, 4) is 5.69 Å². The van der Waals surface area contributed by atoms with Gasteiger partial charge in [0.2, 0.25) is 0 Å². The Balaban J connectivity index is 1.61. The van der Waals surface area contributed by atoms with Crippen LogP contribution in [0.2, 0.25) is 0 Å². The van der Waals surface area contributed by atoms with Gasteiger partial charge in [-0.05, 0) is 36.4 Å². The molecule has 0 saturated heterocycles. The average molecular weight is 423 g/mol. The SMILES string of the molecule is c1ccc2c(c1)oc1c(-n3c4ccccc4c4c5c(ccc43)oc3ccccc35)cccc12. The molecule has 33 heavy (non-hydrogen) atoms. The fourth-order valence-corrected chi connectivity index (χ4v) is 5.44. The minimum atomic E-state index is 0.901. The Labute approximate surface area is 188 Å². The molecule has 0 aliphatic rings. The molecular weight excluding hydrogens is 406 g/mol. The van der Waals surface area contributed by atoms with Crippen molar-refractivity contribution >= 4 is 65.7 Å². The van der Waals surface area contributed by atoms with E-state index in [1.807, 2.05) is 24.3 Å². The highest BCUT2D eigenvalue weighted by atomic mass is 16.3. The lowest BCUT2D eigenvalue weighted by Gasteiger charge is -2.08. The highest BCUT2D eigenvalue weighted by Crippen LogP contribution is 2.42. The summed E-state index contributed by atoms with van der Waals surface area (Å²) in [5.74, 6) is 0. The number of aromatic nitrogens is 1. The molecule has 0 unspecified atom stereocenters. The third-order valence-electron chi connectivity index (χ3n) is 6.80. The number of para-hydroxylation sites is 4. The summed E-state index contributed by atoms with van der Waals surface area (Å²) in [6.45, 7) is 0. The summed E-state index contributed by atoms with van der Waals surface area (Å²) in [6, 6.07) is 35.8. The van der Waals surface area contributed by atoms with E-state index in [4.69, 9.17) is 8.83 Å². The van der Waals surface area contributed by atoms with Crippen molar-refractivity contribution in [3.63, 3.8) is 0 Å². The predicted octanol–water partition coefficient (Wildman–Crippen LogP) is 8.58. The lowest BCUT2D eigenvalue weighted by atomic mass is 10.1. The van der Waals surface area contributed by atoms with E-state index >= 15 is 0 Å². The van der Waals surface area contributed by atoms with Crippen molar-refractivity contribution in [2.75, 3.05) is 0 Å². The van der Waals surface area contributed by atoms with Gasteiger partial charge in [-0.2, -0.15) is 0 Å². The standard InChI is InChI=1S/C30H17NO2/c1-4-12-22-20(9-1)28-23(16-17-27-29(28)21-10-3-6-15-26(21)32-27)31(22)24-13-7-11-19-18-8-2-5-14-25(18)33-30(19)24/h1-17H. The Kier molecular flexibility index (Phi) is 3.14. The molecule has 8 rings (SSSR count). The number of benzene rings is 5. The molecule has 0 spiro atoms. The highest BCUT2D eigenvalue weighted by molar-refractivity contribution is 6.27. The maximum absolute atomic E-state index is 6.41. The van der Waals surface area contributed by atoms with Crippen LogP contribution in [0, 0.1) is 0 Å². The smallest absolute Gasteiger partial charge is 0.159 e. The van der Waals surface area contributed by atoms with Gasteiger partial charge in [0.05, 0.1) is 16.7 Å². The Hall–Kier alpha value is -4.50. The van der Waals surface area contributed by atoms with Gasteiger partial charge in [-0.15, -0.1) is 0 Å². The molecule has 0 atom stereocenters. The molecule has 3 nitrogen and oxygen atoms in total. The summed E-state index contributed by atoms with van der Waals surface area (Å²) in [7, 11) is 0. The summed E-state index contributed by atoms with van der Waals surface area (Å²) < 4.78 is 14.9. The van der Waals surface area contributed by atoms with Crippen LogP contribution in [0.1, 0.15) is 0 Å². The predicted molar refractivity (Wildman–Crippen MR) is 135 cm³/mol. The number of fused-ring (bicyclic) bond motifs is 10. The van der Waals surface area contributed by atoms with E-state index in [-0.39, 0.29) is 0 Å². The van der Waals surface area contributed by atoms with Crippen LogP contribution in [0.5, 0.6) is 0 Å². The van der Waals surface area contributed by atoms with E-state index in [0.29, 0.717) is 0 Å². The van der Waals surface area contributed by atoms with Crippen molar-refractivity contribution < 1.29 is 8.83 Å². The summed E-state index contributed by atoms with van der Waals surface area (Å²) >= 11 is 0. The van der Waals surface area contributed by atoms with Gasteiger partial charge in [-0.3, -0.25) is 0 Å². The zero-order valence-corrected chi connectivity index (χ0v) is 17.6. The van der Waals surface area contributed by atoms with Gasteiger partial charge in [0, 0.05) is 32.3 Å². The first-order valence-electron chi connectivity index (χ1n) is 11.1. The lowest BCUT2D eigenvalue weighted by molar-refractivity contribution is 0.666. The molecule has 154 valence electrons. The Morgan fingerprint density at radius 1 is 0.424 bits per heavy atom. The molecule has 0 saturated carbocycles. The molecular formula is C30H17NO2. The van der Waals surface area contributed by atoms with Gasteiger partial charge in [-0.1, -0.05) is 66.7 Å². The van der Waals surface area contributed by atoms with Crippen molar-refractivity contribution in [1.29, 1.82) is 0 Å². The molecule has 0 fully saturated rings. The number of furan rings is 2. The third-order valence-corrected chi connectivity index (χ3v) is 6.80. The van der Waals surface area contributed by atoms with Gasteiger partial charge in [0.25, 0.3) is 0 Å². The Bertz CT molecular complexity index is 2030.